The topological polar surface area (TPSA) is 84.9 Å². The number of carbonyl (C=O) groups is 3. The number of hydrogen-bond donors (Lipinski definition) is 1. The number of hydrogen-bond acceptors (Lipinski definition) is 5. The zero-order valence-corrected chi connectivity index (χ0v) is 13.0. The molecule has 124 valence electrons. The molecule has 1 rings (SSSR count). The Kier molecular flexibility index (Phi) is 9.09. The third-order valence-corrected chi connectivity index (χ3v) is 3.05. The van der Waals surface area contributed by atoms with Gasteiger partial charge < -0.3 is 14.8 Å². The highest BCUT2D eigenvalue weighted by Crippen LogP contribution is 2.05. The first kappa shape index (κ1) is 18.3. The number of ether oxygens (including phenoxy) is 2. The van der Waals surface area contributed by atoms with Crippen LogP contribution in [0.4, 0.5) is 0 Å². The summed E-state index contributed by atoms with van der Waals surface area (Å²) in [5.41, 5.74) is 0. The first-order valence-corrected chi connectivity index (χ1v) is 7.61. The van der Waals surface area contributed by atoms with Crippen molar-refractivity contribution in [3.05, 3.63) is 12.2 Å². The smallest absolute Gasteiger partial charge is 0.253 e. The quantitative estimate of drug-likeness (QED) is 0.317. The number of nitrogens with zero attached hydrogens (tertiary/aromatic N) is 1. The van der Waals surface area contributed by atoms with E-state index < -0.39 is 0 Å². The molecule has 0 bridgehead atoms. The molecule has 0 saturated heterocycles. The van der Waals surface area contributed by atoms with Crippen molar-refractivity contribution in [3.8, 4) is 0 Å². The summed E-state index contributed by atoms with van der Waals surface area (Å²) in [5, 5.41) is 2.78. The summed E-state index contributed by atoms with van der Waals surface area (Å²) in [6.07, 6.45) is 3.99. The van der Waals surface area contributed by atoms with E-state index in [9.17, 15) is 14.4 Å². The van der Waals surface area contributed by atoms with Gasteiger partial charge in [-0.15, -0.1) is 0 Å². The Morgan fingerprint density at radius 3 is 2.45 bits per heavy atom. The maximum Gasteiger partial charge on any atom is 0.253 e. The van der Waals surface area contributed by atoms with E-state index in [4.69, 9.17) is 9.47 Å². The van der Waals surface area contributed by atoms with Gasteiger partial charge in [-0.3, -0.25) is 19.3 Å². The number of nitrogens with one attached hydrogen (secondary N) is 1. The highest BCUT2D eigenvalue weighted by molar-refractivity contribution is 6.12. The second-order valence-corrected chi connectivity index (χ2v) is 4.78. The second kappa shape index (κ2) is 10.9. The molecule has 7 nitrogen and oxygen atoms in total. The fourth-order valence-corrected chi connectivity index (χ4v) is 1.90. The van der Waals surface area contributed by atoms with Crippen LogP contribution < -0.4 is 5.32 Å². The maximum atomic E-state index is 11.6. The molecule has 22 heavy (non-hydrogen) atoms. The van der Waals surface area contributed by atoms with Gasteiger partial charge in [-0.05, 0) is 19.8 Å². The summed E-state index contributed by atoms with van der Waals surface area (Å²) in [6, 6.07) is 0. The summed E-state index contributed by atoms with van der Waals surface area (Å²) in [7, 11) is 0. The highest BCUT2D eigenvalue weighted by Gasteiger charge is 2.22. The van der Waals surface area contributed by atoms with E-state index in [2.05, 4.69) is 5.32 Å². The highest BCUT2D eigenvalue weighted by atomic mass is 16.6. The molecule has 0 aromatic carbocycles. The van der Waals surface area contributed by atoms with Crippen molar-refractivity contribution in [1.82, 2.24) is 10.2 Å². The van der Waals surface area contributed by atoms with Gasteiger partial charge in [0.05, 0.1) is 13.2 Å². The van der Waals surface area contributed by atoms with Crippen LogP contribution >= 0.6 is 0 Å². The van der Waals surface area contributed by atoms with Gasteiger partial charge >= 0.3 is 0 Å². The molecule has 3 amide bonds. The molecule has 1 heterocycles. The molecule has 0 atom stereocenters. The van der Waals surface area contributed by atoms with Gasteiger partial charge in [-0.25, -0.2) is 0 Å². The average molecular weight is 315 g/mol. The Morgan fingerprint density at radius 1 is 1.09 bits per heavy atom. The summed E-state index contributed by atoms with van der Waals surface area (Å²) < 4.78 is 10.5. The second-order valence-electron chi connectivity index (χ2n) is 4.78. The molecule has 1 N–H and O–H groups in total. The Labute approximate surface area is 130 Å². The lowest BCUT2D eigenvalue weighted by Crippen LogP contribution is -2.32. The Balaban J connectivity index is 1.94. The van der Waals surface area contributed by atoms with Crippen LogP contribution in [-0.2, 0) is 23.9 Å². The minimum atomic E-state index is -0.311. The van der Waals surface area contributed by atoms with Crippen molar-refractivity contribution >= 4 is 17.7 Å². The van der Waals surface area contributed by atoms with Crippen LogP contribution in [0.25, 0.3) is 0 Å². The fraction of sp³-hybridized carbons (Fsp3) is 0.667. The van der Waals surface area contributed by atoms with Crippen molar-refractivity contribution in [1.29, 1.82) is 0 Å². The lowest BCUT2D eigenvalue weighted by Gasteiger charge is -2.13. The van der Waals surface area contributed by atoms with Gasteiger partial charge in [0.15, 0.2) is 0 Å². The van der Waals surface area contributed by atoms with Crippen molar-refractivity contribution in [2.45, 2.75) is 26.2 Å². The van der Waals surface area contributed by atoms with Crippen LogP contribution in [0.3, 0.4) is 0 Å². The van der Waals surface area contributed by atoms with E-state index in [0.29, 0.717) is 45.8 Å². The Hall–Kier alpha value is -1.73. The predicted molar refractivity (Wildman–Crippen MR) is 80.0 cm³/mol. The van der Waals surface area contributed by atoms with Crippen molar-refractivity contribution in [2.75, 3.05) is 39.5 Å². The average Bonchev–Trinajstić information content (AvgIpc) is 2.82. The largest absolute Gasteiger partial charge is 0.379 e. The number of carbonyl (C=O) groups excluding carboxylic acids is 3. The first-order chi connectivity index (χ1) is 10.6. The molecule has 7 heteroatoms. The molecule has 0 unspecified atom stereocenters. The minimum Gasteiger partial charge on any atom is -0.379 e. The first-order valence-electron chi connectivity index (χ1n) is 7.61. The van der Waals surface area contributed by atoms with Gasteiger partial charge in [0.1, 0.15) is 0 Å². The van der Waals surface area contributed by atoms with Crippen LogP contribution in [0, 0.1) is 0 Å². The molecule has 0 radical (unpaired) electrons. The SMILES string of the molecule is CCOCCO[13CH2][13CH2][13CH2]NC(=O)CCCN1C(=O)C=CC1=O. The minimum absolute atomic E-state index is 0.0821. The fourth-order valence-electron chi connectivity index (χ4n) is 1.90. The van der Waals surface area contributed by atoms with Crippen LogP contribution in [0.5, 0.6) is 0 Å². The van der Waals surface area contributed by atoms with Crippen molar-refractivity contribution < 1.29 is 23.9 Å². The summed E-state index contributed by atoms with van der Waals surface area (Å²) in [6.45, 7) is 5.18. The third-order valence-electron chi connectivity index (χ3n) is 3.05. The van der Waals surface area contributed by atoms with Crippen LogP contribution in [0.15, 0.2) is 12.2 Å². The monoisotopic (exact) mass is 315 g/mol. The van der Waals surface area contributed by atoms with E-state index in [0.717, 1.165) is 11.3 Å². The molecular weight excluding hydrogens is 291 g/mol. The van der Waals surface area contributed by atoms with Gasteiger partial charge in [0.25, 0.3) is 11.8 Å². The molecule has 0 aromatic heterocycles. The maximum absolute atomic E-state index is 11.6. The van der Waals surface area contributed by atoms with Crippen molar-refractivity contribution in [2.24, 2.45) is 0 Å². The molecule has 0 fully saturated rings. The van der Waals surface area contributed by atoms with Crippen LogP contribution in [-0.4, -0.2) is 62.1 Å². The summed E-state index contributed by atoms with van der Waals surface area (Å²) in [5.74, 6) is -0.703. The zero-order chi connectivity index (χ0) is 16.2. The van der Waals surface area contributed by atoms with E-state index in [1.807, 2.05) is 6.92 Å². The third kappa shape index (κ3) is 7.33. The predicted octanol–water partition coefficient (Wildman–Crippen LogP) is 0.251. The van der Waals surface area contributed by atoms with Gasteiger partial charge in [-0.1, -0.05) is 0 Å². The van der Waals surface area contributed by atoms with Gasteiger partial charge in [0, 0.05) is 44.9 Å². The summed E-state index contributed by atoms with van der Waals surface area (Å²) >= 11 is 0. The normalized spacial score (nSPS) is 14.0. The Bertz CT molecular complexity index is 391. The molecule has 0 saturated carbocycles. The van der Waals surface area contributed by atoms with E-state index in [1.54, 1.807) is 0 Å². The van der Waals surface area contributed by atoms with Gasteiger partial charge in [0.2, 0.25) is 5.91 Å². The van der Waals surface area contributed by atoms with E-state index >= 15 is 0 Å². The number of amides is 3. The molecule has 1 aliphatic heterocycles. The van der Waals surface area contributed by atoms with Crippen LogP contribution in [0.1, 0.15) is 26.2 Å². The zero-order valence-electron chi connectivity index (χ0n) is 13.0. The summed E-state index contributed by atoms with van der Waals surface area (Å²) in [4.78, 5) is 35.3. The molecule has 0 aromatic rings. The van der Waals surface area contributed by atoms with Crippen molar-refractivity contribution in [3.63, 3.8) is 0 Å². The standard InChI is InChI=1S/C15H24N2O5/c1-2-21-11-12-22-10-4-8-16-13(18)5-3-9-17-14(19)6-7-15(17)20/h6-7H,2-5,8-12H2,1H3,(H,16,18)/i4+1,8+1,10+1. The Morgan fingerprint density at radius 2 is 1.77 bits per heavy atom. The van der Waals surface area contributed by atoms with Gasteiger partial charge in [-0.2, -0.15) is 0 Å². The number of rotatable bonds is 12. The molecule has 1 aliphatic rings. The van der Waals surface area contributed by atoms with E-state index in [1.165, 1.54) is 12.2 Å². The number of imide groups is 1. The van der Waals surface area contributed by atoms with Crippen LogP contribution in [0.2, 0.25) is 0 Å². The molecule has 0 aliphatic carbocycles. The molecule has 0 spiro atoms. The van der Waals surface area contributed by atoms with E-state index in [-0.39, 0.29) is 24.3 Å². The lowest BCUT2D eigenvalue weighted by molar-refractivity contribution is -0.137. The molecular formula is C15H24N2O5. The lowest BCUT2D eigenvalue weighted by atomic mass is 10.3.